The van der Waals surface area contributed by atoms with E-state index in [2.05, 4.69) is 15.6 Å². The largest absolute Gasteiger partial charge is 0.477 e. The number of carbonyl (C=O) groups excluding carboxylic acids is 2. The molecule has 0 radical (unpaired) electrons. The first kappa shape index (κ1) is 21.6. The van der Waals surface area contributed by atoms with E-state index in [-0.39, 0.29) is 17.9 Å². The van der Waals surface area contributed by atoms with Crippen LogP contribution < -0.4 is 15.4 Å². The molecule has 0 spiro atoms. The standard InChI is InChI=1S/C22H33N3O4/c1-3-12-23-21(26)17(4-2)24-22(27)20-16(18-7-5-6-13-28-18)10-11-19(25-20)29-14-15-8-9-15/h10-11,15,17-18H,3-9,12-14H2,1-2H3,(H,23,26)(H,24,27). The van der Waals surface area contributed by atoms with Gasteiger partial charge in [-0.3, -0.25) is 9.59 Å². The van der Waals surface area contributed by atoms with Crippen LogP contribution in [0.25, 0.3) is 0 Å². The zero-order valence-electron chi connectivity index (χ0n) is 17.5. The van der Waals surface area contributed by atoms with Gasteiger partial charge in [0, 0.05) is 24.8 Å². The first-order valence-electron chi connectivity index (χ1n) is 11.0. The second kappa shape index (κ2) is 10.6. The van der Waals surface area contributed by atoms with Gasteiger partial charge in [0.05, 0.1) is 12.7 Å². The first-order valence-corrected chi connectivity index (χ1v) is 11.0. The minimum absolute atomic E-state index is 0.150. The summed E-state index contributed by atoms with van der Waals surface area (Å²) in [5.41, 5.74) is 1.07. The Morgan fingerprint density at radius 2 is 2.07 bits per heavy atom. The van der Waals surface area contributed by atoms with Crippen LogP contribution in [0, 0.1) is 5.92 Å². The third-order valence-corrected chi connectivity index (χ3v) is 5.39. The fourth-order valence-electron chi connectivity index (χ4n) is 3.40. The Balaban J connectivity index is 1.77. The predicted molar refractivity (Wildman–Crippen MR) is 110 cm³/mol. The van der Waals surface area contributed by atoms with E-state index in [1.165, 1.54) is 12.8 Å². The Morgan fingerprint density at radius 1 is 1.24 bits per heavy atom. The van der Waals surface area contributed by atoms with Gasteiger partial charge in [-0.2, -0.15) is 0 Å². The molecule has 7 heteroatoms. The van der Waals surface area contributed by atoms with Gasteiger partial charge in [-0.25, -0.2) is 4.98 Å². The number of amides is 2. The molecule has 0 aromatic carbocycles. The Bertz CT molecular complexity index is 699. The SMILES string of the molecule is CCCNC(=O)C(CC)NC(=O)c1nc(OCC2CC2)ccc1C1CCCCO1. The van der Waals surface area contributed by atoms with Crippen molar-refractivity contribution in [2.45, 2.75) is 70.9 Å². The van der Waals surface area contributed by atoms with Crippen molar-refractivity contribution in [2.24, 2.45) is 5.92 Å². The normalized spacial score (nSPS) is 20.0. The summed E-state index contributed by atoms with van der Waals surface area (Å²) >= 11 is 0. The molecule has 1 aliphatic heterocycles. The minimum atomic E-state index is -0.591. The van der Waals surface area contributed by atoms with Crippen LogP contribution in [-0.2, 0) is 9.53 Å². The molecule has 2 atom stereocenters. The summed E-state index contributed by atoms with van der Waals surface area (Å²) in [6, 6.07) is 3.11. The maximum atomic E-state index is 13.1. The van der Waals surface area contributed by atoms with Crippen LogP contribution in [0.15, 0.2) is 12.1 Å². The Kier molecular flexibility index (Phi) is 7.86. The quantitative estimate of drug-likeness (QED) is 0.626. The number of ether oxygens (including phenoxy) is 2. The molecule has 2 unspecified atom stereocenters. The second-order valence-corrected chi connectivity index (χ2v) is 7.92. The average molecular weight is 404 g/mol. The molecule has 29 heavy (non-hydrogen) atoms. The molecule has 7 nitrogen and oxygen atoms in total. The molecule has 1 saturated heterocycles. The van der Waals surface area contributed by atoms with E-state index in [0.29, 0.717) is 43.7 Å². The fraction of sp³-hybridized carbons (Fsp3) is 0.682. The molecule has 2 aliphatic rings. The Morgan fingerprint density at radius 3 is 2.72 bits per heavy atom. The van der Waals surface area contributed by atoms with E-state index >= 15 is 0 Å². The molecule has 1 aliphatic carbocycles. The Labute approximate surface area is 172 Å². The van der Waals surface area contributed by atoms with Gasteiger partial charge in [0.2, 0.25) is 11.8 Å². The number of rotatable bonds is 10. The predicted octanol–water partition coefficient (Wildman–Crippen LogP) is 3.15. The second-order valence-electron chi connectivity index (χ2n) is 7.92. The van der Waals surface area contributed by atoms with E-state index in [1.54, 1.807) is 0 Å². The van der Waals surface area contributed by atoms with Crippen LogP contribution in [0.2, 0.25) is 0 Å². The smallest absolute Gasteiger partial charge is 0.271 e. The van der Waals surface area contributed by atoms with Gasteiger partial charge in [-0.15, -0.1) is 0 Å². The summed E-state index contributed by atoms with van der Waals surface area (Å²) < 4.78 is 11.7. The minimum Gasteiger partial charge on any atom is -0.477 e. The fourth-order valence-corrected chi connectivity index (χ4v) is 3.40. The van der Waals surface area contributed by atoms with Crippen LogP contribution in [0.1, 0.15) is 80.9 Å². The van der Waals surface area contributed by atoms with Crippen molar-refractivity contribution in [2.75, 3.05) is 19.8 Å². The summed E-state index contributed by atoms with van der Waals surface area (Å²) in [6.45, 7) is 5.78. The third kappa shape index (κ3) is 6.16. The summed E-state index contributed by atoms with van der Waals surface area (Å²) in [6.07, 6.45) is 6.53. The lowest BCUT2D eigenvalue weighted by molar-refractivity contribution is -0.123. The highest BCUT2D eigenvalue weighted by atomic mass is 16.5. The van der Waals surface area contributed by atoms with Crippen LogP contribution in [0.5, 0.6) is 5.88 Å². The van der Waals surface area contributed by atoms with E-state index in [4.69, 9.17) is 9.47 Å². The van der Waals surface area contributed by atoms with Crippen molar-refractivity contribution in [1.82, 2.24) is 15.6 Å². The molecule has 1 aromatic heterocycles. The van der Waals surface area contributed by atoms with Crippen LogP contribution >= 0.6 is 0 Å². The van der Waals surface area contributed by atoms with Gasteiger partial charge in [0.1, 0.15) is 11.7 Å². The van der Waals surface area contributed by atoms with Gasteiger partial charge in [0.15, 0.2) is 0 Å². The zero-order chi connectivity index (χ0) is 20.6. The van der Waals surface area contributed by atoms with Crippen molar-refractivity contribution in [3.8, 4) is 5.88 Å². The van der Waals surface area contributed by atoms with Gasteiger partial charge < -0.3 is 20.1 Å². The molecule has 2 heterocycles. The highest BCUT2D eigenvalue weighted by molar-refractivity contribution is 5.97. The number of aromatic nitrogens is 1. The van der Waals surface area contributed by atoms with Gasteiger partial charge in [0.25, 0.3) is 5.91 Å². The zero-order valence-corrected chi connectivity index (χ0v) is 17.5. The van der Waals surface area contributed by atoms with Crippen LogP contribution in [0.3, 0.4) is 0 Å². The topological polar surface area (TPSA) is 89.6 Å². The first-order chi connectivity index (χ1) is 14.1. The average Bonchev–Trinajstić information content (AvgIpc) is 3.59. The third-order valence-electron chi connectivity index (χ3n) is 5.39. The van der Waals surface area contributed by atoms with Gasteiger partial charge >= 0.3 is 0 Å². The summed E-state index contributed by atoms with van der Waals surface area (Å²) in [4.78, 5) is 29.9. The van der Waals surface area contributed by atoms with E-state index in [9.17, 15) is 9.59 Å². The van der Waals surface area contributed by atoms with Crippen molar-refractivity contribution in [3.05, 3.63) is 23.4 Å². The lowest BCUT2D eigenvalue weighted by Crippen LogP contribution is -2.47. The van der Waals surface area contributed by atoms with Crippen LogP contribution in [0.4, 0.5) is 0 Å². The Hall–Kier alpha value is -2.15. The molecule has 2 fully saturated rings. The monoisotopic (exact) mass is 403 g/mol. The highest BCUT2D eigenvalue weighted by Gasteiger charge is 2.27. The summed E-state index contributed by atoms with van der Waals surface area (Å²) in [5, 5.41) is 5.70. The van der Waals surface area contributed by atoms with Crippen molar-refractivity contribution >= 4 is 11.8 Å². The highest BCUT2D eigenvalue weighted by Crippen LogP contribution is 2.32. The number of pyridine rings is 1. The maximum Gasteiger partial charge on any atom is 0.271 e. The number of nitrogens with one attached hydrogen (secondary N) is 2. The number of hydrogen-bond donors (Lipinski definition) is 2. The van der Waals surface area contributed by atoms with Gasteiger partial charge in [-0.05, 0) is 56.9 Å². The molecule has 1 aromatic rings. The molecular weight excluding hydrogens is 370 g/mol. The van der Waals surface area contributed by atoms with E-state index in [1.807, 2.05) is 26.0 Å². The molecule has 160 valence electrons. The van der Waals surface area contributed by atoms with Gasteiger partial charge in [-0.1, -0.05) is 13.8 Å². The maximum absolute atomic E-state index is 13.1. The van der Waals surface area contributed by atoms with Crippen LogP contribution in [-0.4, -0.2) is 42.6 Å². The molecule has 1 saturated carbocycles. The number of carbonyl (C=O) groups is 2. The molecular formula is C22H33N3O4. The van der Waals surface area contributed by atoms with Crippen molar-refractivity contribution in [3.63, 3.8) is 0 Å². The molecule has 2 amide bonds. The lowest BCUT2D eigenvalue weighted by Gasteiger charge is -2.25. The lowest BCUT2D eigenvalue weighted by atomic mass is 9.99. The summed E-state index contributed by atoms with van der Waals surface area (Å²) in [7, 11) is 0. The molecule has 0 bridgehead atoms. The molecule has 2 N–H and O–H groups in total. The number of hydrogen-bond acceptors (Lipinski definition) is 5. The molecule has 3 rings (SSSR count). The van der Waals surface area contributed by atoms with E-state index < -0.39 is 6.04 Å². The van der Waals surface area contributed by atoms with E-state index in [0.717, 1.165) is 31.2 Å². The number of nitrogens with zero attached hydrogens (tertiary/aromatic N) is 1. The van der Waals surface area contributed by atoms with Crippen molar-refractivity contribution in [1.29, 1.82) is 0 Å². The van der Waals surface area contributed by atoms with Crippen molar-refractivity contribution < 1.29 is 19.1 Å². The summed E-state index contributed by atoms with van der Waals surface area (Å²) in [5.74, 6) is 0.524.